The number of carbonyl (C=O) groups is 2. The van der Waals surface area contributed by atoms with Gasteiger partial charge in [0.1, 0.15) is 0 Å². The minimum absolute atomic E-state index is 0.0524. The lowest BCUT2D eigenvalue weighted by Gasteiger charge is -2.19. The Labute approximate surface area is 378 Å². The molecular formula is C55H101NO5. The van der Waals surface area contributed by atoms with Gasteiger partial charge in [0, 0.05) is 12.8 Å². The molecule has 0 aliphatic heterocycles. The topological polar surface area (TPSA) is 95.9 Å². The van der Waals surface area contributed by atoms with Crippen molar-refractivity contribution in [3.05, 3.63) is 48.6 Å². The maximum atomic E-state index is 12.4. The molecule has 6 nitrogen and oxygen atoms in total. The highest BCUT2D eigenvalue weighted by Crippen LogP contribution is 2.15. The van der Waals surface area contributed by atoms with E-state index in [1.165, 1.54) is 154 Å². The van der Waals surface area contributed by atoms with Crippen LogP contribution in [0.15, 0.2) is 48.6 Å². The van der Waals surface area contributed by atoms with Crippen molar-refractivity contribution in [2.75, 3.05) is 13.2 Å². The first-order valence-electron chi connectivity index (χ1n) is 26.4. The van der Waals surface area contributed by atoms with Crippen molar-refractivity contribution in [2.24, 2.45) is 0 Å². The SMILES string of the molecule is CCCCC/C=C\C/C=C\CCCCCCCC(=O)OCCCCCC/C=C\CCCC(=O)NC(CO)C(O)/C=C/CCCCCCCCCCCCCCCCCCCC. The summed E-state index contributed by atoms with van der Waals surface area (Å²) in [5, 5.41) is 23.1. The summed E-state index contributed by atoms with van der Waals surface area (Å²) in [5.41, 5.74) is 0. The molecule has 0 aliphatic rings. The molecular weight excluding hydrogens is 755 g/mol. The number of ether oxygens (including phenoxy) is 1. The minimum atomic E-state index is -0.878. The number of esters is 1. The fourth-order valence-electron chi connectivity index (χ4n) is 7.72. The van der Waals surface area contributed by atoms with Gasteiger partial charge in [-0.1, -0.05) is 217 Å². The number of aliphatic hydroxyl groups is 2. The third-order valence-corrected chi connectivity index (χ3v) is 11.8. The number of hydrogen-bond donors (Lipinski definition) is 3. The van der Waals surface area contributed by atoms with Crippen LogP contribution in [0.2, 0.25) is 0 Å². The molecule has 2 atom stereocenters. The lowest BCUT2D eigenvalue weighted by Crippen LogP contribution is -2.45. The minimum Gasteiger partial charge on any atom is -0.466 e. The van der Waals surface area contributed by atoms with Gasteiger partial charge in [-0.3, -0.25) is 9.59 Å². The van der Waals surface area contributed by atoms with Crippen molar-refractivity contribution in [1.82, 2.24) is 5.32 Å². The van der Waals surface area contributed by atoms with E-state index in [4.69, 9.17) is 4.74 Å². The van der Waals surface area contributed by atoms with Crippen LogP contribution in [0.25, 0.3) is 0 Å². The molecule has 356 valence electrons. The molecule has 1 amide bonds. The molecule has 0 aromatic heterocycles. The Hall–Kier alpha value is -2.18. The van der Waals surface area contributed by atoms with E-state index >= 15 is 0 Å². The lowest BCUT2D eigenvalue weighted by molar-refractivity contribution is -0.143. The van der Waals surface area contributed by atoms with Gasteiger partial charge in [0.2, 0.25) is 5.91 Å². The highest BCUT2D eigenvalue weighted by atomic mass is 16.5. The van der Waals surface area contributed by atoms with Gasteiger partial charge in [-0.05, 0) is 83.5 Å². The number of amides is 1. The van der Waals surface area contributed by atoms with Gasteiger partial charge >= 0.3 is 5.97 Å². The molecule has 3 N–H and O–H groups in total. The van der Waals surface area contributed by atoms with Gasteiger partial charge in [0.25, 0.3) is 0 Å². The first kappa shape index (κ1) is 58.8. The Morgan fingerprint density at radius 3 is 1.33 bits per heavy atom. The molecule has 0 fully saturated rings. The first-order chi connectivity index (χ1) is 30.0. The third-order valence-electron chi connectivity index (χ3n) is 11.8. The molecule has 0 radical (unpaired) electrons. The van der Waals surface area contributed by atoms with E-state index in [0.717, 1.165) is 83.5 Å². The molecule has 2 unspecified atom stereocenters. The Morgan fingerprint density at radius 1 is 0.459 bits per heavy atom. The summed E-state index contributed by atoms with van der Waals surface area (Å²) in [7, 11) is 0. The quantitative estimate of drug-likeness (QED) is 0.0322. The van der Waals surface area contributed by atoms with Crippen molar-refractivity contribution in [3.63, 3.8) is 0 Å². The van der Waals surface area contributed by atoms with E-state index in [1.54, 1.807) is 6.08 Å². The van der Waals surface area contributed by atoms with Crippen molar-refractivity contribution in [2.45, 2.75) is 276 Å². The Kier molecular flexibility index (Phi) is 48.7. The molecule has 0 spiro atoms. The van der Waals surface area contributed by atoms with Gasteiger partial charge in [-0.25, -0.2) is 0 Å². The summed E-state index contributed by atoms with van der Waals surface area (Å²) in [4.78, 5) is 24.5. The Balaban J connectivity index is 3.60. The predicted octanol–water partition coefficient (Wildman–Crippen LogP) is 15.8. The predicted molar refractivity (Wildman–Crippen MR) is 264 cm³/mol. The fraction of sp³-hybridized carbons (Fsp3) is 0.818. The fourth-order valence-corrected chi connectivity index (χ4v) is 7.72. The van der Waals surface area contributed by atoms with Crippen LogP contribution in [-0.4, -0.2) is 47.4 Å². The smallest absolute Gasteiger partial charge is 0.305 e. The monoisotopic (exact) mass is 856 g/mol. The summed E-state index contributed by atoms with van der Waals surface area (Å²) in [6.45, 7) is 4.78. The molecule has 0 rings (SSSR count). The van der Waals surface area contributed by atoms with E-state index < -0.39 is 12.1 Å². The molecule has 6 heteroatoms. The van der Waals surface area contributed by atoms with Crippen molar-refractivity contribution in [3.8, 4) is 0 Å². The number of nitrogens with one attached hydrogen (secondary N) is 1. The van der Waals surface area contributed by atoms with Crippen LogP contribution in [0.3, 0.4) is 0 Å². The molecule has 61 heavy (non-hydrogen) atoms. The third kappa shape index (κ3) is 47.1. The molecule has 0 aliphatic carbocycles. The number of allylic oxidation sites excluding steroid dienone is 7. The van der Waals surface area contributed by atoms with Crippen molar-refractivity contribution < 1.29 is 24.5 Å². The normalized spacial score (nSPS) is 13.0. The maximum Gasteiger partial charge on any atom is 0.305 e. The molecule has 0 aromatic carbocycles. The van der Waals surface area contributed by atoms with E-state index in [0.29, 0.717) is 19.4 Å². The lowest BCUT2D eigenvalue weighted by atomic mass is 10.0. The van der Waals surface area contributed by atoms with Crippen LogP contribution >= 0.6 is 0 Å². The second-order valence-corrected chi connectivity index (χ2v) is 17.8. The van der Waals surface area contributed by atoms with E-state index in [1.807, 2.05) is 6.08 Å². The summed E-state index contributed by atoms with van der Waals surface area (Å²) in [5.74, 6) is -0.182. The van der Waals surface area contributed by atoms with Crippen LogP contribution in [-0.2, 0) is 14.3 Å². The molecule has 0 saturated heterocycles. The summed E-state index contributed by atoms with van der Waals surface area (Å²) >= 11 is 0. The van der Waals surface area contributed by atoms with Crippen molar-refractivity contribution in [1.29, 1.82) is 0 Å². The molecule has 0 aromatic rings. The largest absolute Gasteiger partial charge is 0.466 e. The average Bonchev–Trinajstić information content (AvgIpc) is 3.26. The summed E-state index contributed by atoms with van der Waals surface area (Å²) in [6.07, 6.45) is 62.6. The molecule has 0 saturated carbocycles. The molecule has 0 bridgehead atoms. The van der Waals surface area contributed by atoms with E-state index in [9.17, 15) is 19.8 Å². The van der Waals surface area contributed by atoms with Crippen LogP contribution in [0.5, 0.6) is 0 Å². The summed E-state index contributed by atoms with van der Waals surface area (Å²) < 4.78 is 5.43. The van der Waals surface area contributed by atoms with E-state index in [-0.39, 0.29) is 18.5 Å². The van der Waals surface area contributed by atoms with E-state index in [2.05, 4.69) is 55.6 Å². The highest BCUT2D eigenvalue weighted by Gasteiger charge is 2.17. The van der Waals surface area contributed by atoms with Gasteiger partial charge in [-0.15, -0.1) is 0 Å². The average molecular weight is 856 g/mol. The number of unbranched alkanes of at least 4 members (excludes halogenated alkanes) is 31. The Bertz CT molecular complexity index is 1040. The first-order valence-corrected chi connectivity index (χ1v) is 26.4. The van der Waals surface area contributed by atoms with Gasteiger partial charge < -0.3 is 20.3 Å². The number of carbonyl (C=O) groups excluding carboxylic acids is 2. The summed E-state index contributed by atoms with van der Waals surface area (Å²) in [6, 6.07) is -0.668. The van der Waals surface area contributed by atoms with Crippen LogP contribution in [0.1, 0.15) is 264 Å². The number of aliphatic hydroxyl groups excluding tert-OH is 2. The van der Waals surface area contributed by atoms with Gasteiger partial charge in [-0.2, -0.15) is 0 Å². The standard InChI is InChI=1S/C55H101NO5/c1-3-5-7-9-11-13-15-17-19-20-21-22-23-25-26-28-31-35-39-43-47-53(58)52(51-57)56-54(59)48-44-40-36-32-30-34-38-42-46-50-61-55(60)49-45-41-37-33-29-27-24-18-16-14-12-10-8-6-4-2/h12,14,18,24,32,36,43,47,52-53,57-58H,3-11,13,15-17,19-23,25-31,33-35,37-42,44-46,48-51H2,1-2H3,(H,56,59)/b14-12-,24-18-,36-32-,47-43+. The highest BCUT2D eigenvalue weighted by molar-refractivity contribution is 5.76. The van der Waals surface area contributed by atoms with Crippen molar-refractivity contribution >= 4 is 11.9 Å². The molecule has 0 heterocycles. The maximum absolute atomic E-state index is 12.4. The van der Waals surface area contributed by atoms with Gasteiger partial charge in [0.05, 0.1) is 25.4 Å². The Morgan fingerprint density at radius 2 is 0.836 bits per heavy atom. The van der Waals surface area contributed by atoms with Gasteiger partial charge in [0.15, 0.2) is 0 Å². The second kappa shape index (κ2) is 50.5. The second-order valence-electron chi connectivity index (χ2n) is 17.8. The zero-order valence-electron chi connectivity index (χ0n) is 40.4. The number of rotatable bonds is 48. The van der Waals surface area contributed by atoms with Crippen LogP contribution < -0.4 is 5.32 Å². The zero-order valence-corrected chi connectivity index (χ0v) is 40.4. The number of hydrogen-bond acceptors (Lipinski definition) is 5. The van der Waals surface area contributed by atoms with Crippen LogP contribution in [0.4, 0.5) is 0 Å². The van der Waals surface area contributed by atoms with Crippen LogP contribution in [0, 0.1) is 0 Å². The zero-order chi connectivity index (χ0) is 44.4.